The second-order valence-corrected chi connectivity index (χ2v) is 7.45. The smallest absolute Gasteiger partial charge is 0.0716 e. The quantitative estimate of drug-likeness (QED) is 0.439. The third-order valence-corrected chi connectivity index (χ3v) is 6.34. The van der Waals surface area contributed by atoms with E-state index < -0.39 is 0 Å². The lowest BCUT2D eigenvalue weighted by molar-refractivity contribution is 0.727. The van der Waals surface area contributed by atoms with E-state index in [4.69, 9.17) is 2.74 Å². The van der Waals surface area contributed by atoms with Gasteiger partial charge in [-0.15, -0.1) is 11.3 Å². The maximum atomic E-state index is 8.26. The Hall–Kier alpha value is -2.26. The van der Waals surface area contributed by atoms with E-state index in [0.29, 0.717) is 11.6 Å². The standard InChI is InChI=1S/C21H18N2S/c1-2-7-14(6-1)17-12-22-13-18-15-8-5-9-16(20(15)24-21(17)18)19-10-3-4-11-23-19/h3-5,8-14H,1-2,6-7H2/i3D,10D. The zero-order chi connectivity index (χ0) is 17.7. The van der Waals surface area contributed by atoms with Crippen LogP contribution in [-0.2, 0) is 0 Å². The van der Waals surface area contributed by atoms with E-state index >= 15 is 0 Å². The van der Waals surface area contributed by atoms with Crippen LogP contribution in [0.2, 0.25) is 0 Å². The van der Waals surface area contributed by atoms with E-state index in [9.17, 15) is 0 Å². The molecule has 0 radical (unpaired) electrons. The molecule has 0 aliphatic heterocycles. The minimum atomic E-state index is 0.187. The van der Waals surface area contributed by atoms with Crippen molar-refractivity contribution in [3.63, 3.8) is 0 Å². The SMILES string of the molecule is [2H]c1ccnc(-c2cccc3c2sc2c(C4CCCC4)cncc23)c1[2H]. The van der Waals surface area contributed by atoms with Gasteiger partial charge in [-0.3, -0.25) is 9.97 Å². The summed E-state index contributed by atoms with van der Waals surface area (Å²) in [6, 6.07) is 8.13. The topological polar surface area (TPSA) is 25.8 Å². The average Bonchev–Trinajstić information content (AvgIpc) is 3.31. The van der Waals surface area contributed by atoms with Crippen molar-refractivity contribution in [1.29, 1.82) is 0 Å². The first-order valence-corrected chi connectivity index (χ1v) is 9.27. The number of nitrogens with zero attached hydrogens (tertiary/aromatic N) is 2. The molecule has 0 amide bonds. The summed E-state index contributed by atoms with van der Waals surface area (Å²) in [6.45, 7) is 0. The molecule has 0 bridgehead atoms. The molecule has 4 aromatic rings. The highest BCUT2D eigenvalue weighted by Crippen LogP contribution is 2.44. The van der Waals surface area contributed by atoms with Crippen molar-refractivity contribution in [1.82, 2.24) is 9.97 Å². The lowest BCUT2D eigenvalue weighted by Gasteiger charge is -2.09. The Labute approximate surface area is 148 Å². The Morgan fingerprint density at radius 1 is 1.04 bits per heavy atom. The highest BCUT2D eigenvalue weighted by atomic mass is 32.1. The third-order valence-electron chi connectivity index (χ3n) is 5.04. The molecule has 1 saturated carbocycles. The van der Waals surface area contributed by atoms with Crippen molar-refractivity contribution in [2.45, 2.75) is 31.6 Å². The van der Waals surface area contributed by atoms with Crippen LogP contribution >= 0.6 is 11.3 Å². The van der Waals surface area contributed by atoms with Crippen LogP contribution in [0.15, 0.2) is 54.9 Å². The minimum Gasteiger partial charge on any atom is -0.264 e. The highest BCUT2D eigenvalue weighted by molar-refractivity contribution is 7.26. The van der Waals surface area contributed by atoms with Gasteiger partial charge >= 0.3 is 0 Å². The summed E-state index contributed by atoms with van der Waals surface area (Å²) in [5.41, 5.74) is 2.91. The fourth-order valence-corrected chi connectivity index (χ4v) is 5.25. The van der Waals surface area contributed by atoms with Crippen molar-refractivity contribution in [3.8, 4) is 11.3 Å². The molecule has 5 rings (SSSR count). The van der Waals surface area contributed by atoms with Crippen LogP contribution in [0, 0.1) is 0 Å². The molecule has 0 N–H and O–H groups in total. The van der Waals surface area contributed by atoms with E-state index in [1.165, 1.54) is 46.7 Å². The Bertz CT molecular complexity index is 1130. The van der Waals surface area contributed by atoms with Crippen LogP contribution in [0.5, 0.6) is 0 Å². The number of hydrogen-bond donors (Lipinski definition) is 0. The lowest BCUT2D eigenvalue weighted by atomic mass is 9.98. The molecule has 0 atom stereocenters. The second kappa shape index (κ2) is 5.67. The molecular weight excluding hydrogens is 312 g/mol. The molecule has 1 fully saturated rings. The number of fused-ring (bicyclic) bond motifs is 3. The summed E-state index contributed by atoms with van der Waals surface area (Å²) >= 11 is 1.79. The predicted molar refractivity (Wildman–Crippen MR) is 102 cm³/mol. The minimum absolute atomic E-state index is 0.187. The number of pyridine rings is 2. The molecule has 3 heterocycles. The van der Waals surface area contributed by atoms with E-state index in [-0.39, 0.29) is 12.1 Å². The van der Waals surface area contributed by atoms with Crippen LogP contribution in [0.25, 0.3) is 31.4 Å². The fraction of sp³-hybridized carbons (Fsp3) is 0.238. The zero-order valence-electron chi connectivity index (χ0n) is 15.2. The predicted octanol–water partition coefficient (Wildman–Crippen LogP) is 6.17. The van der Waals surface area contributed by atoms with Crippen LogP contribution in [0.3, 0.4) is 0 Å². The van der Waals surface area contributed by atoms with E-state index in [1.807, 2.05) is 24.5 Å². The fourth-order valence-electron chi connectivity index (χ4n) is 3.87. The van der Waals surface area contributed by atoms with Crippen molar-refractivity contribution >= 4 is 31.5 Å². The summed E-state index contributed by atoms with van der Waals surface area (Å²) in [4.78, 5) is 8.95. The van der Waals surface area contributed by atoms with Crippen LogP contribution in [-0.4, -0.2) is 9.97 Å². The summed E-state index contributed by atoms with van der Waals surface area (Å²) in [6.07, 6.45) is 10.7. The number of aromatic nitrogens is 2. The molecule has 24 heavy (non-hydrogen) atoms. The van der Waals surface area contributed by atoms with Gasteiger partial charge in [0.15, 0.2) is 0 Å². The third kappa shape index (κ3) is 2.15. The van der Waals surface area contributed by atoms with Gasteiger partial charge in [-0.1, -0.05) is 37.1 Å². The summed E-state index contributed by atoms with van der Waals surface area (Å²) < 4.78 is 18.7. The van der Waals surface area contributed by atoms with Gasteiger partial charge in [0.2, 0.25) is 0 Å². The molecular formula is C21H18N2S. The van der Waals surface area contributed by atoms with E-state index in [2.05, 4.69) is 16.0 Å². The molecule has 3 heteroatoms. The molecule has 1 aromatic carbocycles. The van der Waals surface area contributed by atoms with Gasteiger partial charge < -0.3 is 0 Å². The number of thiophene rings is 1. The van der Waals surface area contributed by atoms with Gasteiger partial charge in [-0.05, 0) is 36.4 Å². The Kier molecular flexibility index (Phi) is 2.87. The van der Waals surface area contributed by atoms with Crippen LogP contribution in [0.1, 0.15) is 39.9 Å². The monoisotopic (exact) mass is 332 g/mol. The first-order valence-electron chi connectivity index (χ1n) is 9.45. The maximum Gasteiger partial charge on any atom is 0.0716 e. The largest absolute Gasteiger partial charge is 0.264 e. The second-order valence-electron chi connectivity index (χ2n) is 6.43. The highest BCUT2D eigenvalue weighted by Gasteiger charge is 2.21. The molecule has 1 aliphatic rings. The van der Waals surface area contributed by atoms with Gasteiger partial charge in [-0.2, -0.15) is 0 Å². The summed E-state index contributed by atoms with van der Waals surface area (Å²) in [5, 5.41) is 2.37. The Morgan fingerprint density at radius 3 is 2.88 bits per heavy atom. The molecule has 1 aliphatic carbocycles. The van der Waals surface area contributed by atoms with Crippen molar-refractivity contribution in [3.05, 3.63) is 60.5 Å². The number of rotatable bonds is 2. The van der Waals surface area contributed by atoms with E-state index in [0.717, 1.165) is 10.3 Å². The number of benzene rings is 1. The normalized spacial score (nSPS) is 16.7. The zero-order valence-corrected chi connectivity index (χ0v) is 14.1. The van der Waals surface area contributed by atoms with Gasteiger partial charge in [-0.25, -0.2) is 0 Å². The first-order chi connectivity index (χ1) is 12.7. The molecule has 0 saturated heterocycles. The van der Waals surface area contributed by atoms with Gasteiger partial charge in [0.25, 0.3) is 0 Å². The summed E-state index contributed by atoms with van der Waals surface area (Å²) in [5.74, 6) is 0.615. The Balaban J connectivity index is 1.80. The van der Waals surface area contributed by atoms with Gasteiger partial charge in [0, 0.05) is 44.3 Å². The van der Waals surface area contributed by atoms with Gasteiger partial charge in [0.1, 0.15) is 0 Å². The lowest BCUT2D eigenvalue weighted by Crippen LogP contribution is -1.92. The van der Waals surface area contributed by atoms with Crippen LogP contribution in [0.4, 0.5) is 0 Å². The van der Waals surface area contributed by atoms with Crippen molar-refractivity contribution in [2.24, 2.45) is 0 Å². The van der Waals surface area contributed by atoms with E-state index in [1.54, 1.807) is 23.6 Å². The molecule has 3 aromatic heterocycles. The van der Waals surface area contributed by atoms with Crippen molar-refractivity contribution < 1.29 is 2.74 Å². The maximum absolute atomic E-state index is 8.26. The van der Waals surface area contributed by atoms with Gasteiger partial charge in [0.05, 0.1) is 8.44 Å². The molecule has 2 nitrogen and oxygen atoms in total. The molecule has 0 unspecified atom stereocenters. The average molecular weight is 332 g/mol. The molecule has 118 valence electrons. The Morgan fingerprint density at radius 2 is 1.96 bits per heavy atom. The van der Waals surface area contributed by atoms with Crippen LogP contribution < -0.4 is 0 Å². The number of hydrogen-bond acceptors (Lipinski definition) is 3. The molecule has 0 spiro atoms. The summed E-state index contributed by atoms with van der Waals surface area (Å²) in [7, 11) is 0. The van der Waals surface area contributed by atoms with Crippen molar-refractivity contribution in [2.75, 3.05) is 0 Å². The first kappa shape index (κ1) is 12.2.